The van der Waals surface area contributed by atoms with Crippen LogP contribution >= 0.6 is 0 Å². The smallest absolute Gasteiger partial charge is 0.352 e. The van der Waals surface area contributed by atoms with Crippen LogP contribution in [0.5, 0.6) is 5.75 Å². The second kappa shape index (κ2) is 10.9. The molecule has 0 aliphatic carbocycles. The van der Waals surface area contributed by atoms with Crippen LogP contribution in [-0.2, 0) is 25.9 Å². The lowest BCUT2D eigenvalue weighted by atomic mass is 10.1. The molecule has 0 saturated heterocycles. The topological polar surface area (TPSA) is 115 Å². The molecule has 0 aliphatic heterocycles. The van der Waals surface area contributed by atoms with Gasteiger partial charge in [0.2, 0.25) is 9.84 Å². The SMILES string of the molecule is CC(=O)OOc1ccc(S(=O)(=O)c2ccc(CCNC[C@H](O)c3cccnc3)cc2)cc1. The van der Waals surface area contributed by atoms with E-state index in [2.05, 4.69) is 15.2 Å². The standard InChI is InChI=1S/C23H24N2O6S/c1-17(26)30-31-20-6-10-22(11-7-20)32(28,29)21-8-4-18(5-9-21)12-14-25-16-23(27)19-3-2-13-24-15-19/h2-11,13,15,23,25,27H,12,14,16H2,1H3/t23-/m0/s1. The maximum Gasteiger partial charge on any atom is 0.352 e. The predicted molar refractivity (Wildman–Crippen MR) is 117 cm³/mol. The summed E-state index contributed by atoms with van der Waals surface area (Å²) in [6.07, 6.45) is 3.33. The Kier molecular flexibility index (Phi) is 7.93. The number of nitrogens with one attached hydrogen (secondary N) is 1. The number of nitrogens with zero attached hydrogens (tertiary/aromatic N) is 1. The normalized spacial score (nSPS) is 12.2. The Hall–Kier alpha value is -3.27. The van der Waals surface area contributed by atoms with Gasteiger partial charge >= 0.3 is 5.97 Å². The van der Waals surface area contributed by atoms with Crippen molar-refractivity contribution in [3.05, 3.63) is 84.2 Å². The van der Waals surface area contributed by atoms with E-state index in [-0.39, 0.29) is 15.5 Å². The summed E-state index contributed by atoms with van der Waals surface area (Å²) >= 11 is 0. The third kappa shape index (κ3) is 6.36. The van der Waals surface area contributed by atoms with Crippen molar-refractivity contribution < 1.29 is 28.1 Å². The van der Waals surface area contributed by atoms with Crippen LogP contribution in [0.25, 0.3) is 0 Å². The fourth-order valence-electron chi connectivity index (χ4n) is 2.91. The average molecular weight is 457 g/mol. The van der Waals surface area contributed by atoms with Gasteiger partial charge in [-0.1, -0.05) is 18.2 Å². The monoisotopic (exact) mass is 456 g/mol. The molecule has 0 aliphatic rings. The minimum atomic E-state index is -3.69. The van der Waals surface area contributed by atoms with Gasteiger partial charge in [0.1, 0.15) is 0 Å². The summed E-state index contributed by atoms with van der Waals surface area (Å²) in [5.74, 6) is -0.391. The molecule has 2 N–H and O–H groups in total. The summed E-state index contributed by atoms with van der Waals surface area (Å²) in [5, 5.41) is 13.3. The van der Waals surface area contributed by atoms with Crippen LogP contribution in [0.2, 0.25) is 0 Å². The van der Waals surface area contributed by atoms with Crippen LogP contribution in [-0.4, -0.2) is 37.6 Å². The van der Waals surface area contributed by atoms with Gasteiger partial charge in [-0.05, 0) is 61.0 Å². The number of sulfone groups is 1. The van der Waals surface area contributed by atoms with Crippen molar-refractivity contribution in [2.24, 2.45) is 0 Å². The minimum Gasteiger partial charge on any atom is -0.387 e. The lowest BCUT2D eigenvalue weighted by Gasteiger charge is -2.12. The Morgan fingerprint density at radius 3 is 2.31 bits per heavy atom. The second-order valence-corrected chi connectivity index (χ2v) is 8.98. The molecule has 0 bridgehead atoms. The zero-order chi connectivity index (χ0) is 23.0. The summed E-state index contributed by atoms with van der Waals surface area (Å²) in [5.41, 5.74) is 1.72. The molecule has 1 heterocycles. The first kappa shape index (κ1) is 23.4. The maximum absolute atomic E-state index is 12.8. The van der Waals surface area contributed by atoms with Gasteiger partial charge in [-0.3, -0.25) is 14.8 Å². The fraction of sp³-hybridized carbons (Fsp3) is 0.217. The van der Waals surface area contributed by atoms with Gasteiger partial charge in [0, 0.05) is 31.4 Å². The molecule has 2 aromatic carbocycles. The number of rotatable bonds is 10. The van der Waals surface area contributed by atoms with Crippen LogP contribution in [0.15, 0.2) is 82.8 Å². The fourth-order valence-corrected chi connectivity index (χ4v) is 4.18. The first-order valence-corrected chi connectivity index (χ1v) is 11.4. The number of aliphatic hydroxyl groups is 1. The molecule has 0 saturated carbocycles. The van der Waals surface area contributed by atoms with Crippen molar-refractivity contribution in [3.8, 4) is 5.75 Å². The highest BCUT2D eigenvalue weighted by molar-refractivity contribution is 7.91. The molecule has 3 rings (SSSR count). The van der Waals surface area contributed by atoms with Gasteiger partial charge in [-0.2, -0.15) is 0 Å². The van der Waals surface area contributed by atoms with Gasteiger partial charge in [-0.25, -0.2) is 13.2 Å². The van der Waals surface area contributed by atoms with Crippen LogP contribution in [0.1, 0.15) is 24.2 Å². The van der Waals surface area contributed by atoms with E-state index in [1.165, 1.54) is 31.2 Å². The second-order valence-electron chi connectivity index (χ2n) is 7.03. The average Bonchev–Trinajstić information content (AvgIpc) is 2.81. The van der Waals surface area contributed by atoms with Crippen molar-refractivity contribution in [3.63, 3.8) is 0 Å². The Labute approximate surface area is 186 Å². The summed E-state index contributed by atoms with van der Waals surface area (Å²) in [4.78, 5) is 24.2. The number of aromatic nitrogens is 1. The molecular formula is C23H24N2O6S. The molecule has 168 valence electrons. The van der Waals surface area contributed by atoms with E-state index >= 15 is 0 Å². The first-order valence-electron chi connectivity index (χ1n) is 9.94. The van der Waals surface area contributed by atoms with Crippen molar-refractivity contribution in [2.75, 3.05) is 13.1 Å². The van der Waals surface area contributed by atoms with E-state index < -0.39 is 21.9 Å². The van der Waals surface area contributed by atoms with Crippen LogP contribution in [0, 0.1) is 0 Å². The van der Waals surface area contributed by atoms with Crippen molar-refractivity contribution in [2.45, 2.75) is 29.2 Å². The zero-order valence-electron chi connectivity index (χ0n) is 17.5. The van der Waals surface area contributed by atoms with Crippen LogP contribution in [0.4, 0.5) is 0 Å². The number of benzene rings is 2. The summed E-state index contributed by atoms with van der Waals surface area (Å²) in [6, 6.07) is 15.9. The molecule has 0 amide bonds. The largest absolute Gasteiger partial charge is 0.387 e. The molecule has 1 atom stereocenters. The molecule has 0 unspecified atom stereocenters. The molecular weight excluding hydrogens is 432 g/mol. The zero-order valence-corrected chi connectivity index (χ0v) is 18.3. The highest BCUT2D eigenvalue weighted by Crippen LogP contribution is 2.23. The number of hydrogen-bond donors (Lipinski definition) is 2. The van der Waals surface area contributed by atoms with E-state index in [1.807, 2.05) is 6.07 Å². The predicted octanol–water partition coefficient (Wildman–Crippen LogP) is 2.64. The van der Waals surface area contributed by atoms with Gasteiger partial charge in [-0.15, -0.1) is 0 Å². The number of aliphatic hydroxyl groups excluding tert-OH is 1. The third-order valence-electron chi connectivity index (χ3n) is 4.62. The first-order chi connectivity index (χ1) is 15.4. The van der Waals surface area contributed by atoms with E-state index in [1.54, 1.807) is 42.7 Å². The summed E-state index contributed by atoms with van der Waals surface area (Å²) < 4.78 is 25.6. The van der Waals surface area contributed by atoms with Crippen molar-refractivity contribution >= 4 is 15.8 Å². The summed E-state index contributed by atoms with van der Waals surface area (Å²) in [6.45, 7) is 2.23. The summed E-state index contributed by atoms with van der Waals surface area (Å²) in [7, 11) is -3.69. The maximum atomic E-state index is 12.8. The highest BCUT2D eigenvalue weighted by atomic mass is 32.2. The van der Waals surface area contributed by atoms with E-state index in [0.717, 1.165) is 11.1 Å². The highest BCUT2D eigenvalue weighted by Gasteiger charge is 2.18. The quantitative estimate of drug-likeness (QED) is 0.272. The van der Waals surface area contributed by atoms with Gasteiger partial charge in [0.25, 0.3) is 0 Å². The Balaban J connectivity index is 1.53. The molecule has 3 aromatic rings. The number of hydrogen-bond acceptors (Lipinski definition) is 8. The minimum absolute atomic E-state index is 0.103. The van der Waals surface area contributed by atoms with Gasteiger partial charge in [0.15, 0.2) is 5.75 Å². The van der Waals surface area contributed by atoms with Crippen LogP contribution < -0.4 is 10.2 Å². The van der Waals surface area contributed by atoms with Crippen molar-refractivity contribution in [1.82, 2.24) is 10.3 Å². The van der Waals surface area contributed by atoms with Crippen LogP contribution in [0.3, 0.4) is 0 Å². The van der Waals surface area contributed by atoms with E-state index in [4.69, 9.17) is 4.89 Å². The Morgan fingerprint density at radius 1 is 1.06 bits per heavy atom. The number of carbonyl (C=O) groups excluding carboxylic acids is 1. The molecule has 8 nitrogen and oxygen atoms in total. The van der Waals surface area contributed by atoms with Gasteiger partial charge in [0.05, 0.1) is 15.9 Å². The molecule has 0 radical (unpaired) electrons. The molecule has 0 fully saturated rings. The van der Waals surface area contributed by atoms with Gasteiger partial charge < -0.3 is 10.4 Å². The third-order valence-corrected chi connectivity index (χ3v) is 6.41. The molecule has 32 heavy (non-hydrogen) atoms. The van der Waals surface area contributed by atoms with Crippen molar-refractivity contribution in [1.29, 1.82) is 0 Å². The number of carbonyl (C=O) groups is 1. The van der Waals surface area contributed by atoms with E-state index in [0.29, 0.717) is 19.5 Å². The molecule has 0 spiro atoms. The molecule has 1 aromatic heterocycles. The molecule has 9 heteroatoms. The van der Waals surface area contributed by atoms with E-state index in [9.17, 15) is 18.3 Å². The lowest BCUT2D eigenvalue weighted by Crippen LogP contribution is -2.23. The number of pyridine rings is 1. The Bertz CT molecular complexity index is 1120. The lowest BCUT2D eigenvalue weighted by molar-refractivity contribution is -0.210. The Morgan fingerprint density at radius 2 is 1.72 bits per heavy atom.